The highest BCUT2D eigenvalue weighted by Crippen LogP contribution is 2.59. The Bertz CT molecular complexity index is 3630. The lowest BCUT2D eigenvalue weighted by molar-refractivity contribution is 0.768. The van der Waals surface area contributed by atoms with E-state index in [0.717, 1.165) is 17.1 Å². The highest BCUT2D eigenvalue weighted by atomic mass is 15.1. The molecule has 0 bridgehead atoms. The predicted molar refractivity (Wildman–Crippen MR) is 295 cm³/mol. The number of fused-ring (bicyclic) bond motifs is 5. The minimum atomic E-state index is -0.512. The molecule has 0 atom stereocenters. The largest absolute Gasteiger partial charge is 0.310 e. The Balaban J connectivity index is 0.915. The van der Waals surface area contributed by atoms with Crippen molar-refractivity contribution < 1.29 is 0 Å². The van der Waals surface area contributed by atoms with Gasteiger partial charge in [-0.2, -0.15) is 0 Å². The van der Waals surface area contributed by atoms with E-state index in [4.69, 9.17) is 0 Å². The predicted octanol–water partition coefficient (Wildman–Crippen LogP) is 18.5. The first kappa shape index (κ1) is 41.2. The summed E-state index contributed by atoms with van der Waals surface area (Å²) in [6.45, 7) is 0. The normalized spacial score (nSPS) is 12.4. The van der Waals surface area contributed by atoms with E-state index in [1.54, 1.807) is 0 Å². The number of hydrogen-bond donors (Lipinski definition) is 0. The van der Waals surface area contributed by atoms with Gasteiger partial charge in [0.2, 0.25) is 0 Å². The summed E-state index contributed by atoms with van der Waals surface area (Å²) in [6.07, 6.45) is 0. The molecule has 0 radical (unpaired) electrons. The maximum Gasteiger partial charge on any atom is 0.0714 e. The first-order chi connectivity index (χ1) is 34.7. The highest BCUT2D eigenvalue weighted by Gasteiger charge is 2.47. The lowest BCUT2D eigenvalue weighted by Crippen LogP contribution is -2.28. The molecule has 1 aliphatic carbocycles. The lowest BCUT2D eigenvalue weighted by atomic mass is 9.68. The van der Waals surface area contributed by atoms with Crippen molar-refractivity contribution in [3.8, 4) is 55.6 Å². The van der Waals surface area contributed by atoms with Gasteiger partial charge in [0.1, 0.15) is 0 Å². The lowest BCUT2D eigenvalue weighted by Gasteiger charge is -2.34. The van der Waals surface area contributed by atoms with Crippen LogP contribution in [0.2, 0.25) is 0 Å². The van der Waals surface area contributed by atoms with Gasteiger partial charge in [-0.1, -0.05) is 243 Å². The average Bonchev–Trinajstić information content (AvgIpc) is 3.75. The average molecular weight is 890 g/mol. The molecule has 0 N–H and O–H groups in total. The molecule has 1 nitrogen and oxygen atoms in total. The zero-order chi connectivity index (χ0) is 46.4. The minimum Gasteiger partial charge on any atom is -0.310 e. The molecule has 0 saturated heterocycles. The first-order valence-corrected chi connectivity index (χ1v) is 24.2. The second-order valence-corrected chi connectivity index (χ2v) is 18.4. The summed E-state index contributed by atoms with van der Waals surface area (Å²) in [5, 5.41) is 5.02. The Morgan fingerprint density at radius 1 is 0.243 bits per heavy atom. The second-order valence-electron chi connectivity index (χ2n) is 18.4. The van der Waals surface area contributed by atoms with Gasteiger partial charge in [0.15, 0.2) is 0 Å². The summed E-state index contributed by atoms with van der Waals surface area (Å²) in [4.78, 5) is 2.46. The van der Waals surface area contributed by atoms with Crippen LogP contribution >= 0.6 is 0 Å². The molecule has 0 spiro atoms. The number of nitrogens with zero attached hydrogens (tertiary/aromatic N) is 1. The topological polar surface area (TPSA) is 3.24 Å². The summed E-state index contributed by atoms with van der Waals surface area (Å²) in [6, 6.07) is 105. The van der Waals surface area contributed by atoms with Crippen molar-refractivity contribution in [1.29, 1.82) is 0 Å². The van der Waals surface area contributed by atoms with Crippen LogP contribution in [-0.4, -0.2) is 0 Å². The molecule has 0 aromatic heterocycles. The highest BCUT2D eigenvalue weighted by molar-refractivity contribution is 5.98. The van der Waals surface area contributed by atoms with Crippen LogP contribution in [0.15, 0.2) is 285 Å². The third-order valence-corrected chi connectivity index (χ3v) is 14.6. The summed E-state index contributed by atoms with van der Waals surface area (Å²) < 4.78 is 0. The molecule has 0 fully saturated rings. The van der Waals surface area contributed by atoms with Crippen molar-refractivity contribution in [2.75, 3.05) is 4.90 Å². The standard InChI is InChI=1S/C69H47N/c1-3-18-60(19-4-1)69(61-20-5-2-6-21-61)65-23-12-11-22-64(65)68-66(69)24-13-25-67(68)70(62-42-38-52(39-43-62)50-26-30-54(31-27-50)58-36-34-48-14-7-9-16-56(48)46-58)63-44-40-53(41-45-63)51-28-32-55(33-29-51)59-37-35-49-15-8-10-17-57(49)47-59/h1-47H. The van der Waals surface area contributed by atoms with Crippen LogP contribution in [0.25, 0.3) is 77.2 Å². The molecule has 0 amide bonds. The first-order valence-electron chi connectivity index (χ1n) is 24.2. The second kappa shape index (κ2) is 17.2. The van der Waals surface area contributed by atoms with Crippen molar-refractivity contribution in [2.45, 2.75) is 5.41 Å². The van der Waals surface area contributed by atoms with Crippen LogP contribution in [0.4, 0.5) is 17.1 Å². The van der Waals surface area contributed by atoms with Crippen LogP contribution in [-0.2, 0) is 5.41 Å². The molecule has 0 saturated carbocycles. The van der Waals surface area contributed by atoms with E-state index >= 15 is 0 Å². The number of hydrogen-bond acceptors (Lipinski definition) is 1. The zero-order valence-electron chi connectivity index (χ0n) is 38.6. The van der Waals surface area contributed by atoms with Crippen molar-refractivity contribution in [2.24, 2.45) is 0 Å². The monoisotopic (exact) mass is 889 g/mol. The van der Waals surface area contributed by atoms with Gasteiger partial charge < -0.3 is 4.90 Å². The van der Waals surface area contributed by atoms with Crippen molar-refractivity contribution >= 4 is 38.6 Å². The molecule has 12 aromatic carbocycles. The number of anilines is 3. The Morgan fingerprint density at radius 2 is 0.600 bits per heavy atom. The van der Waals surface area contributed by atoms with Crippen LogP contribution < -0.4 is 4.90 Å². The SMILES string of the molecule is c1ccc(C2(c3ccccc3)c3ccccc3-c3c(N(c4ccc(-c5ccc(-c6ccc7ccccc7c6)cc5)cc4)c4ccc(-c5ccc(-c6ccc7ccccc7c6)cc5)cc4)cccc32)cc1. The molecule has 70 heavy (non-hydrogen) atoms. The van der Waals surface area contributed by atoms with Gasteiger partial charge in [-0.25, -0.2) is 0 Å². The number of benzene rings is 12. The van der Waals surface area contributed by atoms with Crippen molar-refractivity contribution in [3.05, 3.63) is 307 Å². The molecule has 1 heteroatoms. The molecule has 0 heterocycles. The maximum absolute atomic E-state index is 2.46. The van der Waals surface area contributed by atoms with Gasteiger partial charge in [0, 0.05) is 16.9 Å². The van der Waals surface area contributed by atoms with Crippen molar-refractivity contribution in [3.63, 3.8) is 0 Å². The summed E-state index contributed by atoms with van der Waals surface area (Å²) in [7, 11) is 0. The molecule has 12 aromatic rings. The van der Waals surface area contributed by atoms with Gasteiger partial charge in [-0.15, -0.1) is 0 Å². The smallest absolute Gasteiger partial charge is 0.0714 e. The fourth-order valence-electron chi connectivity index (χ4n) is 11.1. The van der Waals surface area contributed by atoms with Gasteiger partial charge in [0.25, 0.3) is 0 Å². The fourth-order valence-corrected chi connectivity index (χ4v) is 11.1. The Kier molecular flexibility index (Phi) is 10.1. The third-order valence-electron chi connectivity index (χ3n) is 14.6. The van der Waals surface area contributed by atoms with Crippen LogP contribution in [0.3, 0.4) is 0 Å². The van der Waals surface area contributed by atoms with E-state index in [2.05, 4.69) is 290 Å². The van der Waals surface area contributed by atoms with Gasteiger partial charge in [0.05, 0.1) is 11.1 Å². The van der Waals surface area contributed by atoms with Crippen LogP contribution in [0, 0.1) is 0 Å². The van der Waals surface area contributed by atoms with E-state index in [9.17, 15) is 0 Å². The van der Waals surface area contributed by atoms with Gasteiger partial charge in [-0.3, -0.25) is 0 Å². The maximum atomic E-state index is 2.46. The van der Waals surface area contributed by atoms with E-state index in [1.165, 1.54) is 99.4 Å². The summed E-state index contributed by atoms with van der Waals surface area (Å²) >= 11 is 0. The van der Waals surface area contributed by atoms with Gasteiger partial charge in [-0.05, 0) is 136 Å². The zero-order valence-corrected chi connectivity index (χ0v) is 38.6. The van der Waals surface area contributed by atoms with E-state index in [1.807, 2.05) is 0 Å². The Hall–Kier alpha value is -9.04. The van der Waals surface area contributed by atoms with Crippen LogP contribution in [0.1, 0.15) is 22.3 Å². The fraction of sp³-hybridized carbons (Fsp3) is 0.0145. The van der Waals surface area contributed by atoms with Crippen molar-refractivity contribution in [1.82, 2.24) is 0 Å². The van der Waals surface area contributed by atoms with E-state index in [0.29, 0.717) is 0 Å². The summed E-state index contributed by atoms with van der Waals surface area (Å²) in [5.74, 6) is 0. The van der Waals surface area contributed by atoms with Crippen LogP contribution in [0.5, 0.6) is 0 Å². The minimum absolute atomic E-state index is 0.512. The van der Waals surface area contributed by atoms with Gasteiger partial charge >= 0.3 is 0 Å². The molecular formula is C69H47N. The molecule has 0 aliphatic heterocycles. The molecular weight excluding hydrogens is 843 g/mol. The molecule has 13 rings (SSSR count). The summed E-state index contributed by atoms with van der Waals surface area (Å²) in [5.41, 5.74) is 20.0. The van der Waals surface area contributed by atoms with E-state index in [-0.39, 0.29) is 0 Å². The molecule has 1 aliphatic rings. The third kappa shape index (κ3) is 7.02. The Labute approximate surface area is 409 Å². The Morgan fingerprint density at radius 3 is 1.07 bits per heavy atom. The molecule has 328 valence electrons. The number of rotatable bonds is 9. The van der Waals surface area contributed by atoms with E-state index < -0.39 is 5.41 Å². The molecule has 0 unspecified atom stereocenters. The quantitative estimate of drug-likeness (QED) is 0.140.